The maximum Gasteiger partial charge on any atom is 1.00 e. The van der Waals surface area contributed by atoms with Crippen LogP contribution in [0.3, 0.4) is 0 Å². The summed E-state index contributed by atoms with van der Waals surface area (Å²) in [5.41, 5.74) is 0.676. The molecule has 59 heavy (non-hydrogen) atoms. The van der Waals surface area contributed by atoms with Gasteiger partial charge in [-0.25, -0.2) is 8.42 Å². The second-order valence-corrected chi connectivity index (χ2v) is 20.1. The summed E-state index contributed by atoms with van der Waals surface area (Å²) in [6.45, 7) is 2.31. The Kier molecular flexibility index (Phi) is 48.9. The summed E-state index contributed by atoms with van der Waals surface area (Å²) in [5.74, 6) is 0. The second kappa shape index (κ2) is 48.2. The minimum atomic E-state index is -4.37. The van der Waals surface area contributed by atoms with Gasteiger partial charge < -0.3 is 4.55 Å². The van der Waals surface area contributed by atoms with E-state index in [0.29, 0.717) is 12.0 Å². The summed E-state index contributed by atoms with van der Waals surface area (Å²) in [4.78, 5) is -0.0395. The third-order valence-electron chi connectivity index (χ3n) is 13.0. The van der Waals surface area contributed by atoms with E-state index in [1.54, 1.807) is 12.1 Å². The van der Waals surface area contributed by atoms with E-state index in [1.165, 1.54) is 289 Å². The Morgan fingerprint density at radius 2 is 0.508 bits per heavy atom. The largest absolute Gasteiger partial charge is 1.00 e. The predicted octanol–water partition coefficient (Wildman–Crippen LogP) is 16.1. The molecule has 0 aliphatic rings. The summed E-state index contributed by atoms with van der Waals surface area (Å²) in [6.07, 6.45) is 66.3. The molecule has 0 amide bonds. The molecule has 0 atom stereocenters. The summed E-state index contributed by atoms with van der Waals surface area (Å²) in [6, 6.07) is 6.65. The topological polar surface area (TPSA) is 57.2 Å². The molecule has 0 saturated carbocycles. The smallest absolute Gasteiger partial charge is 0.744 e. The number of unbranched alkanes of at least 4 members (excludes halogenated alkanes) is 45. The fourth-order valence-corrected chi connectivity index (χ4v) is 9.86. The Bertz CT molecular complexity index is 1060. The third kappa shape index (κ3) is 43.8. The van der Waals surface area contributed by atoms with E-state index < -0.39 is 10.1 Å². The molecular weight excluding hydrogens is 768 g/mol. The van der Waals surface area contributed by atoms with Crippen LogP contribution in [0.1, 0.15) is 308 Å². The van der Waals surface area contributed by atoms with Crippen molar-refractivity contribution >= 4 is 10.1 Å². The Morgan fingerprint density at radius 3 is 0.712 bits per heavy atom. The molecule has 0 aromatic heterocycles. The van der Waals surface area contributed by atoms with Crippen molar-refractivity contribution in [1.82, 2.24) is 0 Å². The van der Waals surface area contributed by atoms with Crippen molar-refractivity contribution in [3.8, 4) is 0 Å². The van der Waals surface area contributed by atoms with Crippen molar-refractivity contribution in [2.24, 2.45) is 0 Å². The number of benzene rings is 1. The van der Waals surface area contributed by atoms with Gasteiger partial charge in [0.15, 0.2) is 0 Å². The molecule has 0 bridgehead atoms. The molecule has 342 valence electrons. The number of aryl methyl sites for hydroxylation is 1. The molecule has 5 heteroatoms. The molecule has 0 heterocycles. The van der Waals surface area contributed by atoms with Crippen LogP contribution in [0, 0.1) is 0 Å². The molecule has 0 unspecified atom stereocenters. The van der Waals surface area contributed by atoms with E-state index in [1.807, 2.05) is 6.07 Å². The summed E-state index contributed by atoms with van der Waals surface area (Å²) < 4.78 is 34.2. The van der Waals surface area contributed by atoms with Crippen LogP contribution in [0.2, 0.25) is 0 Å². The van der Waals surface area contributed by atoms with Gasteiger partial charge >= 0.3 is 51.4 Å². The van der Waals surface area contributed by atoms with Crippen molar-refractivity contribution in [2.75, 3.05) is 0 Å². The van der Waals surface area contributed by atoms with Crippen LogP contribution < -0.4 is 51.4 Å². The number of rotatable bonds is 48. The maximum absolute atomic E-state index is 11.4. The molecule has 1 rings (SSSR count). The normalized spacial score (nSPS) is 11.7. The van der Waals surface area contributed by atoms with Crippen molar-refractivity contribution in [3.05, 3.63) is 29.8 Å². The quantitative estimate of drug-likeness (QED) is 0.0372. The zero-order valence-electron chi connectivity index (χ0n) is 40.2. The second-order valence-electron chi connectivity index (χ2n) is 18.7. The average molecular weight is 870 g/mol. The Labute approximate surface area is 413 Å². The summed E-state index contributed by atoms with van der Waals surface area (Å²) >= 11 is 0. The molecule has 0 N–H and O–H groups in total. The molecule has 3 nitrogen and oxygen atoms in total. The van der Waals surface area contributed by atoms with Crippen molar-refractivity contribution < 1.29 is 64.4 Å². The van der Waals surface area contributed by atoms with Gasteiger partial charge in [-0.2, -0.15) is 0 Å². The SMILES string of the molecule is CCCCCCCCCCCCCCCCCCCCCCCCCCCCCCCCCCCCCCCCCCCCCCCCc1ccccc1S(=O)(=O)[O-].[K+]. The van der Waals surface area contributed by atoms with Gasteiger partial charge in [-0.1, -0.05) is 314 Å². The molecule has 1 aromatic carbocycles. The average Bonchev–Trinajstić information content (AvgIpc) is 3.22. The van der Waals surface area contributed by atoms with Crippen LogP contribution in [-0.2, 0) is 16.5 Å². The van der Waals surface area contributed by atoms with Gasteiger partial charge in [-0.15, -0.1) is 0 Å². The van der Waals surface area contributed by atoms with E-state index in [-0.39, 0.29) is 56.3 Å². The minimum Gasteiger partial charge on any atom is -0.744 e. The van der Waals surface area contributed by atoms with E-state index in [4.69, 9.17) is 0 Å². The van der Waals surface area contributed by atoms with Gasteiger partial charge in [-0.05, 0) is 24.5 Å². The van der Waals surface area contributed by atoms with Crippen molar-refractivity contribution in [3.63, 3.8) is 0 Å². The monoisotopic (exact) mass is 869 g/mol. The van der Waals surface area contributed by atoms with Gasteiger partial charge in [0, 0.05) is 0 Å². The van der Waals surface area contributed by atoms with Crippen LogP contribution in [0.15, 0.2) is 29.2 Å². The summed E-state index contributed by atoms with van der Waals surface area (Å²) in [7, 11) is -4.37. The van der Waals surface area contributed by atoms with E-state index in [0.717, 1.165) is 12.8 Å². The van der Waals surface area contributed by atoms with Gasteiger partial charge in [-0.3, -0.25) is 0 Å². The fraction of sp³-hybridized carbons (Fsp3) is 0.889. The van der Waals surface area contributed by atoms with E-state index >= 15 is 0 Å². The third-order valence-corrected chi connectivity index (χ3v) is 14.0. The van der Waals surface area contributed by atoms with Crippen LogP contribution >= 0.6 is 0 Å². The van der Waals surface area contributed by atoms with Crippen molar-refractivity contribution in [1.29, 1.82) is 0 Å². The number of hydrogen-bond donors (Lipinski definition) is 0. The molecule has 0 spiro atoms. The van der Waals surface area contributed by atoms with Gasteiger partial charge in [0.25, 0.3) is 0 Å². The van der Waals surface area contributed by atoms with Gasteiger partial charge in [0.2, 0.25) is 0 Å². The minimum absolute atomic E-state index is 0. The molecular formula is C54H101KO3S. The molecule has 0 fully saturated rings. The molecule has 0 radical (unpaired) electrons. The van der Waals surface area contributed by atoms with Crippen LogP contribution in [0.4, 0.5) is 0 Å². The predicted molar refractivity (Wildman–Crippen MR) is 256 cm³/mol. The van der Waals surface area contributed by atoms with Crippen LogP contribution in [0.25, 0.3) is 0 Å². The first-order chi connectivity index (χ1) is 28.6. The zero-order chi connectivity index (χ0) is 41.7. The Balaban J connectivity index is 0.0000336. The van der Waals surface area contributed by atoms with Gasteiger partial charge in [0.1, 0.15) is 10.1 Å². The van der Waals surface area contributed by atoms with Crippen molar-refractivity contribution in [2.45, 2.75) is 314 Å². The van der Waals surface area contributed by atoms with Crippen LogP contribution in [0.5, 0.6) is 0 Å². The molecule has 0 aliphatic heterocycles. The first-order valence-electron chi connectivity index (χ1n) is 26.6. The van der Waals surface area contributed by atoms with E-state index in [2.05, 4.69) is 6.92 Å². The fourth-order valence-electron chi connectivity index (χ4n) is 9.12. The first kappa shape index (κ1) is 59.8. The van der Waals surface area contributed by atoms with E-state index in [9.17, 15) is 13.0 Å². The Morgan fingerprint density at radius 1 is 0.322 bits per heavy atom. The zero-order valence-corrected chi connectivity index (χ0v) is 44.1. The number of hydrogen-bond acceptors (Lipinski definition) is 3. The first-order valence-corrected chi connectivity index (χ1v) is 28.0. The van der Waals surface area contributed by atoms with Gasteiger partial charge in [0.05, 0.1) is 4.90 Å². The summed E-state index contributed by atoms with van der Waals surface area (Å²) in [5, 5.41) is 0. The van der Waals surface area contributed by atoms with Crippen LogP contribution in [-0.4, -0.2) is 13.0 Å². The maximum atomic E-state index is 11.4. The molecule has 0 saturated heterocycles. The Hall–Kier alpha value is 0.766. The molecule has 0 aliphatic carbocycles. The standard InChI is InChI=1S/C54H102O3S.K/c1-2-3-4-5-6-7-8-9-10-11-12-13-14-15-16-17-18-19-20-21-22-23-24-25-26-27-28-29-30-31-32-33-34-35-36-37-38-39-40-41-42-43-44-45-46-47-50-53-51-48-49-52-54(53)58(55,56)57;/h48-49,51-52H,2-47,50H2,1H3,(H,55,56,57);/q;+1/p-1. The molecule has 1 aromatic rings.